The van der Waals surface area contributed by atoms with Crippen LogP contribution < -0.4 is 15.4 Å². The number of urea groups is 1. The maximum atomic E-state index is 12.2. The fourth-order valence-corrected chi connectivity index (χ4v) is 2.09. The monoisotopic (exact) mass is 307 g/mol. The van der Waals surface area contributed by atoms with Crippen LogP contribution >= 0.6 is 0 Å². The molecular formula is C16H25N3O3. The second kappa shape index (κ2) is 8.26. The Morgan fingerprint density at radius 2 is 2.00 bits per heavy atom. The summed E-state index contributed by atoms with van der Waals surface area (Å²) >= 11 is 0. The summed E-state index contributed by atoms with van der Waals surface area (Å²) in [6.45, 7) is 5.54. The molecule has 2 N–H and O–H groups in total. The van der Waals surface area contributed by atoms with Crippen LogP contribution in [0.5, 0.6) is 5.75 Å². The van der Waals surface area contributed by atoms with Crippen LogP contribution in [0.3, 0.4) is 0 Å². The van der Waals surface area contributed by atoms with Gasteiger partial charge >= 0.3 is 6.03 Å². The Bertz CT molecular complexity index is 531. The molecule has 1 rings (SSSR count). The molecular weight excluding hydrogens is 282 g/mol. The first-order valence-electron chi connectivity index (χ1n) is 7.38. The molecule has 122 valence electrons. The summed E-state index contributed by atoms with van der Waals surface area (Å²) in [6.07, 6.45) is 1.98. The highest BCUT2D eigenvalue weighted by Crippen LogP contribution is 2.28. The topological polar surface area (TPSA) is 70.7 Å². The average Bonchev–Trinajstić information content (AvgIpc) is 2.47. The van der Waals surface area contributed by atoms with Crippen molar-refractivity contribution in [3.63, 3.8) is 0 Å². The molecule has 0 aliphatic carbocycles. The minimum absolute atomic E-state index is 0.171. The van der Waals surface area contributed by atoms with Gasteiger partial charge in [-0.15, -0.1) is 0 Å². The van der Waals surface area contributed by atoms with Crippen LogP contribution in [0.4, 0.5) is 16.2 Å². The highest BCUT2D eigenvalue weighted by molar-refractivity contribution is 5.93. The molecule has 3 amide bonds. The van der Waals surface area contributed by atoms with Gasteiger partial charge < -0.3 is 20.3 Å². The highest BCUT2D eigenvalue weighted by Gasteiger charge is 2.15. The maximum Gasteiger partial charge on any atom is 0.321 e. The number of benzene rings is 1. The number of nitrogens with zero attached hydrogens (tertiary/aromatic N) is 1. The lowest BCUT2D eigenvalue weighted by Crippen LogP contribution is -2.38. The van der Waals surface area contributed by atoms with Crippen LogP contribution in [0.25, 0.3) is 0 Å². The molecule has 1 atom stereocenters. The number of anilines is 2. The van der Waals surface area contributed by atoms with Crippen LogP contribution in [0.1, 0.15) is 33.6 Å². The molecule has 0 radical (unpaired) electrons. The number of carbonyl (C=O) groups is 2. The summed E-state index contributed by atoms with van der Waals surface area (Å²) in [4.78, 5) is 25.0. The van der Waals surface area contributed by atoms with Crippen LogP contribution in [-0.4, -0.2) is 37.0 Å². The molecule has 0 aromatic heterocycles. The SMILES string of the molecule is CCC[C@@H](C)N(C)C(=O)Nc1ccc(NC(C)=O)c(OC)c1. The van der Waals surface area contributed by atoms with Crippen molar-refractivity contribution in [2.75, 3.05) is 24.8 Å². The Morgan fingerprint density at radius 3 is 2.55 bits per heavy atom. The van der Waals surface area contributed by atoms with E-state index in [0.717, 1.165) is 12.8 Å². The van der Waals surface area contributed by atoms with E-state index in [1.807, 2.05) is 6.92 Å². The summed E-state index contributed by atoms with van der Waals surface area (Å²) in [5, 5.41) is 5.51. The molecule has 0 saturated carbocycles. The summed E-state index contributed by atoms with van der Waals surface area (Å²) < 4.78 is 5.24. The second-order valence-corrected chi connectivity index (χ2v) is 5.28. The van der Waals surface area contributed by atoms with Crippen molar-refractivity contribution in [3.8, 4) is 5.75 Å². The zero-order valence-electron chi connectivity index (χ0n) is 13.9. The number of rotatable bonds is 6. The minimum Gasteiger partial charge on any atom is -0.494 e. The first-order chi connectivity index (χ1) is 10.4. The van der Waals surface area contributed by atoms with Gasteiger partial charge in [-0.05, 0) is 25.5 Å². The molecule has 0 spiro atoms. The number of ether oxygens (including phenoxy) is 1. The van der Waals surface area contributed by atoms with E-state index in [-0.39, 0.29) is 18.0 Å². The molecule has 0 fully saturated rings. The number of methoxy groups -OCH3 is 1. The summed E-state index contributed by atoms with van der Waals surface area (Å²) in [6, 6.07) is 5.11. The van der Waals surface area contributed by atoms with Crippen molar-refractivity contribution >= 4 is 23.3 Å². The lowest BCUT2D eigenvalue weighted by atomic mass is 10.2. The molecule has 0 bridgehead atoms. The van der Waals surface area contributed by atoms with Crippen LogP contribution in [0, 0.1) is 0 Å². The van der Waals surface area contributed by atoms with Gasteiger partial charge in [-0.1, -0.05) is 13.3 Å². The minimum atomic E-state index is -0.178. The van der Waals surface area contributed by atoms with Gasteiger partial charge in [0.05, 0.1) is 12.8 Å². The van der Waals surface area contributed by atoms with Gasteiger partial charge in [-0.3, -0.25) is 4.79 Å². The lowest BCUT2D eigenvalue weighted by Gasteiger charge is -2.25. The normalized spacial score (nSPS) is 11.5. The second-order valence-electron chi connectivity index (χ2n) is 5.28. The smallest absolute Gasteiger partial charge is 0.321 e. The van der Waals surface area contributed by atoms with Gasteiger partial charge in [0.15, 0.2) is 0 Å². The van der Waals surface area contributed by atoms with E-state index < -0.39 is 0 Å². The molecule has 0 saturated heterocycles. The molecule has 6 nitrogen and oxygen atoms in total. The van der Waals surface area contributed by atoms with Crippen LogP contribution in [0.15, 0.2) is 18.2 Å². The van der Waals surface area contributed by atoms with Crippen molar-refractivity contribution in [2.24, 2.45) is 0 Å². The van der Waals surface area contributed by atoms with Crippen LogP contribution in [-0.2, 0) is 4.79 Å². The Balaban J connectivity index is 2.81. The highest BCUT2D eigenvalue weighted by atomic mass is 16.5. The third-order valence-electron chi connectivity index (χ3n) is 3.45. The van der Waals surface area contributed by atoms with E-state index in [1.165, 1.54) is 14.0 Å². The van der Waals surface area contributed by atoms with E-state index in [0.29, 0.717) is 17.1 Å². The van der Waals surface area contributed by atoms with Crippen molar-refractivity contribution in [3.05, 3.63) is 18.2 Å². The Hall–Kier alpha value is -2.24. The third-order valence-corrected chi connectivity index (χ3v) is 3.45. The number of carbonyl (C=O) groups excluding carboxylic acids is 2. The average molecular weight is 307 g/mol. The summed E-state index contributed by atoms with van der Waals surface area (Å²) in [7, 11) is 3.29. The largest absolute Gasteiger partial charge is 0.494 e. The standard InChI is InChI=1S/C16H25N3O3/c1-6-7-11(2)19(4)16(21)18-13-8-9-14(17-12(3)20)15(10-13)22-5/h8-11H,6-7H2,1-5H3,(H,17,20)(H,18,21)/t11-/m1/s1. The predicted molar refractivity (Wildman–Crippen MR) is 88.4 cm³/mol. The molecule has 0 unspecified atom stereocenters. The molecule has 1 aromatic rings. The molecule has 6 heteroatoms. The predicted octanol–water partition coefficient (Wildman–Crippen LogP) is 3.31. The zero-order chi connectivity index (χ0) is 16.7. The van der Waals surface area contributed by atoms with Crippen molar-refractivity contribution in [1.82, 2.24) is 4.90 Å². The zero-order valence-corrected chi connectivity index (χ0v) is 13.9. The fourth-order valence-electron chi connectivity index (χ4n) is 2.09. The van der Waals surface area contributed by atoms with Gasteiger partial charge in [0, 0.05) is 31.8 Å². The molecule has 22 heavy (non-hydrogen) atoms. The first kappa shape index (κ1) is 17.8. The molecule has 1 aromatic carbocycles. The van der Waals surface area contributed by atoms with Gasteiger partial charge in [-0.25, -0.2) is 4.79 Å². The summed E-state index contributed by atoms with van der Waals surface area (Å²) in [5.74, 6) is 0.320. The number of hydrogen-bond donors (Lipinski definition) is 2. The number of amides is 3. The number of hydrogen-bond acceptors (Lipinski definition) is 3. The molecule has 0 heterocycles. The van der Waals surface area contributed by atoms with Crippen molar-refractivity contribution in [1.29, 1.82) is 0 Å². The van der Waals surface area contributed by atoms with Crippen molar-refractivity contribution < 1.29 is 14.3 Å². The van der Waals surface area contributed by atoms with Gasteiger partial charge in [-0.2, -0.15) is 0 Å². The molecule has 0 aliphatic rings. The van der Waals surface area contributed by atoms with Gasteiger partial charge in [0.2, 0.25) is 5.91 Å². The van der Waals surface area contributed by atoms with E-state index in [1.54, 1.807) is 30.1 Å². The van der Waals surface area contributed by atoms with Crippen molar-refractivity contribution in [2.45, 2.75) is 39.7 Å². The van der Waals surface area contributed by atoms with E-state index in [2.05, 4.69) is 17.6 Å². The Morgan fingerprint density at radius 1 is 1.32 bits per heavy atom. The Labute approximate surface area is 131 Å². The third kappa shape index (κ3) is 4.95. The number of nitrogens with one attached hydrogen (secondary N) is 2. The van der Waals surface area contributed by atoms with Gasteiger partial charge in [0.25, 0.3) is 0 Å². The van der Waals surface area contributed by atoms with Crippen LogP contribution in [0.2, 0.25) is 0 Å². The van der Waals surface area contributed by atoms with E-state index in [4.69, 9.17) is 4.74 Å². The maximum absolute atomic E-state index is 12.2. The van der Waals surface area contributed by atoms with E-state index in [9.17, 15) is 9.59 Å². The first-order valence-corrected chi connectivity index (χ1v) is 7.38. The van der Waals surface area contributed by atoms with Gasteiger partial charge in [0.1, 0.15) is 5.75 Å². The Kier molecular flexibility index (Phi) is 6.69. The lowest BCUT2D eigenvalue weighted by molar-refractivity contribution is -0.114. The summed E-state index contributed by atoms with van der Waals surface area (Å²) in [5.41, 5.74) is 1.19. The van der Waals surface area contributed by atoms with E-state index >= 15 is 0 Å². The fraction of sp³-hybridized carbons (Fsp3) is 0.500. The molecule has 0 aliphatic heterocycles. The quantitative estimate of drug-likeness (QED) is 0.847.